The molecule has 1 amide bonds. The number of carbonyl (C=O) groups excluding carboxylic acids is 1. The maximum Gasteiger partial charge on any atom is 0.255 e. The standard InChI is InChI=1S/C16H20ClIN2O2/c1-22-15-10(7-11(17)14(19)13(15)18)16(21)20-12-6-8-2-4-9(12)5-3-8/h7-9,12H,2-6,19H2,1H3,(H,20,21)/t8?,9?,12-/m1/s1. The molecule has 3 aliphatic rings. The van der Waals surface area contributed by atoms with E-state index < -0.39 is 0 Å². The summed E-state index contributed by atoms with van der Waals surface area (Å²) >= 11 is 8.20. The van der Waals surface area contributed by atoms with Gasteiger partial charge in [0.25, 0.3) is 5.91 Å². The van der Waals surface area contributed by atoms with Crippen LogP contribution in [0.1, 0.15) is 42.5 Å². The first-order valence-corrected chi connectivity index (χ1v) is 9.09. The lowest BCUT2D eigenvalue weighted by Crippen LogP contribution is -2.47. The number of nitrogens with one attached hydrogen (secondary N) is 1. The van der Waals surface area contributed by atoms with Crippen molar-refractivity contribution in [2.75, 3.05) is 12.8 Å². The molecule has 0 unspecified atom stereocenters. The highest BCUT2D eigenvalue weighted by Crippen LogP contribution is 2.42. The van der Waals surface area contributed by atoms with Crippen LogP contribution in [0.15, 0.2) is 6.07 Å². The average Bonchev–Trinajstić information content (AvgIpc) is 2.53. The van der Waals surface area contributed by atoms with Gasteiger partial charge in [0.05, 0.1) is 27.0 Å². The predicted octanol–water partition coefficient (Wildman–Crippen LogP) is 3.84. The molecule has 0 aromatic heterocycles. The number of hydrogen-bond donors (Lipinski definition) is 2. The van der Waals surface area contributed by atoms with Crippen LogP contribution in [0.5, 0.6) is 5.75 Å². The molecule has 0 radical (unpaired) electrons. The minimum atomic E-state index is -0.116. The summed E-state index contributed by atoms with van der Waals surface area (Å²) in [7, 11) is 1.55. The Morgan fingerprint density at radius 2 is 2.09 bits per heavy atom. The van der Waals surface area contributed by atoms with Crippen molar-refractivity contribution in [3.63, 3.8) is 0 Å². The summed E-state index contributed by atoms with van der Waals surface area (Å²) < 4.78 is 6.06. The van der Waals surface area contributed by atoms with E-state index in [0.29, 0.717) is 31.5 Å². The van der Waals surface area contributed by atoms with Crippen LogP contribution in [0.25, 0.3) is 0 Å². The first kappa shape index (κ1) is 16.2. The third kappa shape index (κ3) is 2.89. The summed E-state index contributed by atoms with van der Waals surface area (Å²) in [6.45, 7) is 0. The van der Waals surface area contributed by atoms with Gasteiger partial charge in [0.1, 0.15) is 5.75 Å². The minimum absolute atomic E-state index is 0.116. The van der Waals surface area contributed by atoms with Crippen molar-refractivity contribution in [1.82, 2.24) is 5.32 Å². The summed E-state index contributed by atoms with van der Waals surface area (Å²) in [6, 6.07) is 1.88. The summed E-state index contributed by atoms with van der Waals surface area (Å²) in [4.78, 5) is 12.7. The molecule has 3 saturated carbocycles. The van der Waals surface area contributed by atoms with E-state index in [1.165, 1.54) is 25.7 Å². The van der Waals surface area contributed by atoms with Crippen LogP contribution in [0, 0.1) is 15.4 Å². The molecular weight excluding hydrogens is 415 g/mol. The van der Waals surface area contributed by atoms with Crippen molar-refractivity contribution in [2.24, 2.45) is 11.8 Å². The maximum absolute atomic E-state index is 12.7. The fraction of sp³-hybridized carbons (Fsp3) is 0.562. The number of nitrogens with two attached hydrogens (primary N) is 1. The van der Waals surface area contributed by atoms with E-state index in [4.69, 9.17) is 22.1 Å². The van der Waals surface area contributed by atoms with Gasteiger partial charge in [0, 0.05) is 6.04 Å². The van der Waals surface area contributed by atoms with Gasteiger partial charge in [-0.15, -0.1) is 0 Å². The van der Waals surface area contributed by atoms with Crippen LogP contribution in [0.4, 0.5) is 5.69 Å². The molecule has 0 spiro atoms. The number of ether oxygens (including phenoxy) is 1. The zero-order valence-electron chi connectivity index (χ0n) is 12.5. The molecule has 3 aliphatic carbocycles. The van der Waals surface area contributed by atoms with Crippen LogP contribution in [-0.4, -0.2) is 19.1 Å². The molecule has 1 aromatic rings. The molecule has 0 aliphatic heterocycles. The van der Waals surface area contributed by atoms with Gasteiger partial charge >= 0.3 is 0 Å². The molecule has 3 fully saturated rings. The molecule has 1 atom stereocenters. The lowest BCUT2D eigenvalue weighted by atomic mass is 9.68. The molecule has 22 heavy (non-hydrogen) atoms. The molecule has 6 heteroatoms. The Bertz CT molecular complexity index is 600. The number of amides is 1. The molecule has 4 rings (SSSR count). The van der Waals surface area contributed by atoms with Crippen molar-refractivity contribution in [1.29, 1.82) is 0 Å². The highest BCUT2D eigenvalue weighted by Gasteiger charge is 2.36. The van der Waals surface area contributed by atoms with Gasteiger partial charge in [0.15, 0.2) is 0 Å². The fourth-order valence-corrected chi connectivity index (χ4v) is 4.95. The van der Waals surface area contributed by atoms with Crippen molar-refractivity contribution < 1.29 is 9.53 Å². The summed E-state index contributed by atoms with van der Waals surface area (Å²) in [5.74, 6) is 1.77. The number of nitrogen functional groups attached to an aromatic ring is 1. The third-order valence-electron chi connectivity index (χ3n) is 5.02. The predicted molar refractivity (Wildman–Crippen MR) is 96.5 cm³/mol. The summed E-state index contributed by atoms with van der Waals surface area (Å²) in [6.07, 6.45) is 6.18. The molecule has 0 saturated heterocycles. The van der Waals surface area contributed by atoms with E-state index in [-0.39, 0.29) is 11.9 Å². The molecule has 3 N–H and O–H groups in total. The lowest BCUT2D eigenvalue weighted by Gasteiger charge is -2.42. The normalized spacial score (nSPS) is 26.8. The second kappa shape index (κ2) is 6.43. The van der Waals surface area contributed by atoms with Crippen molar-refractivity contribution in [3.05, 3.63) is 20.2 Å². The van der Waals surface area contributed by atoms with E-state index in [9.17, 15) is 4.79 Å². The molecule has 1 aromatic carbocycles. The van der Waals surface area contributed by atoms with E-state index in [2.05, 4.69) is 27.9 Å². The Kier molecular flexibility index (Phi) is 4.73. The smallest absolute Gasteiger partial charge is 0.255 e. The van der Waals surface area contributed by atoms with Gasteiger partial charge in [-0.05, 0) is 59.8 Å². The van der Waals surface area contributed by atoms with Crippen LogP contribution in [-0.2, 0) is 0 Å². The van der Waals surface area contributed by atoms with Gasteiger partial charge in [0.2, 0.25) is 0 Å². The number of hydrogen-bond acceptors (Lipinski definition) is 3. The topological polar surface area (TPSA) is 64.3 Å². The third-order valence-corrected chi connectivity index (χ3v) is 6.41. The van der Waals surface area contributed by atoms with Crippen molar-refractivity contribution in [3.8, 4) is 5.75 Å². The second-order valence-electron chi connectivity index (χ2n) is 6.26. The second-order valence-corrected chi connectivity index (χ2v) is 7.75. The number of fused-ring (bicyclic) bond motifs is 3. The van der Waals surface area contributed by atoms with Crippen LogP contribution in [0.2, 0.25) is 5.02 Å². The van der Waals surface area contributed by atoms with E-state index in [1.807, 2.05) is 0 Å². The Balaban J connectivity index is 1.83. The number of methoxy groups -OCH3 is 1. The first-order chi connectivity index (χ1) is 10.5. The van der Waals surface area contributed by atoms with Crippen molar-refractivity contribution in [2.45, 2.75) is 38.1 Å². The zero-order valence-corrected chi connectivity index (χ0v) is 15.4. The summed E-state index contributed by atoms with van der Waals surface area (Å²) in [5, 5.41) is 3.58. The molecule has 2 bridgehead atoms. The van der Waals surface area contributed by atoms with E-state index in [1.54, 1.807) is 13.2 Å². The monoisotopic (exact) mass is 434 g/mol. The molecular formula is C16H20ClIN2O2. The Labute approximate surface area is 149 Å². The largest absolute Gasteiger partial charge is 0.495 e. The fourth-order valence-electron chi connectivity index (χ4n) is 3.78. The van der Waals surface area contributed by atoms with Gasteiger partial charge in [-0.25, -0.2) is 0 Å². The van der Waals surface area contributed by atoms with E-state index >= 15 is 0 Å². The highest BCUT2D eigenvalue weighted by molar-refractivity contribution is 14.1. The zero-order chi connectivity index (χ0) is 15.9. The number of rotatable bonds is 3. The SMILES string of the molecule is COc1c(C(=O)N[C@@H]2CC3CCC2CC3)cc(Cl)c(N)c1I. The molecule has 120 valence electrons. The van der Waals surface area contributed by atoms with Crippen LogP contribution >= 0.6 is 34.2 Å². The minimum Gasteiger partial charge on any atom is -0.495 e. The van der Waals surface area contributed by atoms with Crippen molar-refractivity contribution >= 4 is 45.8 Å². The van der Waals surface area contributed by atoms with Gasteiger partial charge in [-0.2, -0.15) is 0 Å². The van der Waals surface area contributed by atoms with Gasteiger partial charge in [-0.3, -0.25) is 4.79 Å². The Morgan fingerprint density at radius 3 is 2.64 bits per heavy atom. The number of halogens is 2. The van der Waals surface area contributed by atoms with Gasteiger partial charge < -0.3 is 15.8 Å². The van der Waals surface area contributed by atoms with Crippen LogP contribution in [0.3, 0.4) is 0 Å². The Morgan fingerprint density at radius 1 is 1.41 bits per heavy atom. The summed E-state index contributed by atoms with van der Waals surface area (Å²) in [5.41, 5.74) is 6.83. The average molecular weight is 435 g/mol. The first-order valence-electron chi connectivity index (χ1n) is 7.63. The lowest BCUT2D eigenvalue weighted by molar-refractivity contribution is 0.0807. The highest BCUT2D eigenvalue weighted by atomic mass is 127. The number of carbonyl (C=O) groups is 1. The maximum atomic E-state index is 12.7. The quantitative estimate of drug-likeness (QED) is 0.561. The Hall–Kier alpha value is -0.690. The molecule has 0 heterocycles. The van der Waals surface area contributed by atoms with E-state index in [0.717, 1.165) is 12.3 Å². The van der Waals surface area contributed by atoms with Gasteiger partial charge in [-0.1, -0.05) is 24.4 Å². The molecule has 4 nitrogen and oxygen atoms in total. The number of benzene rings is 1. The number of anilines is 1. The van der Waals surface area contributed by atoms with Crippen LogP contribution < -0.4 is 15.8 Å².